The Balaban J connectivity index is 2.40. The van der Waals surface area contributed by atoms with E-state index < -0.39 is 5.97 Å². The Kier molecular flexibility index (Phi) is 4.77. The van der Waals surface area contributed by atoms with Gasteiger partial charge in [0, 0.05) is 9.79 Å². The number of rotatable bonds is 5. The summed E-state index contributed by atoms with van der Waals surface area (Å²) in [6.07, 6.45) is 0. The Hall–Kier alpha value is -1.40. The quantitative estimate of drug-likeness (QED) is 0.833. The van der Waals surface area contributed by atoms with Crippen LogP contribution in [0.2, 0.25) is 0 Å². The number of nitrogens with zero attached hydrogens (tertiary/aromatic N) is 1. The molecule has 20 heavy (non-hydrogen) atoms. The molecule has 0 radical (unpaired) electrons. The fourth-order valence-corrected chi connectivity index (χ4v) is 3.54. The van der Waals surface area contributed by atoms with E-state index in [1.807, 2.05) is 32.9 Å². The van der Waals surface area contributed by atoms with Crippen molar-refractivity contribution in [3.63, 3.8) is 0 Å². The number of thioether (sulfide) groups is 1. The molecule has 6 heteroatoms. The summed E-state index contributed by atoms with van der Waals surface area (Å²) in [5, 5.41) is 9.91. The van der Waals surface area contributed by atoms with Crippen LogP contribution in [-0.4, -0.2) is 21.8 Å². The van der Waals surface area contributed by atoms with E-state index in [1.54, 1.807) is 6.07 Å². The number of aryl methyl sites for hydroxylation is 2. The minimum atomic E-state index is -0.927. The van der Waals surface area contributed by atoms with Gasteiger partial charge in [-0.1, -0.05) is 13.0 Å². The molecule has 1 aromatic heterocycles. The SMILES string of the molecule is CCSc1cccc(Sc2nc(C)c(C)o2)c1C(=O)O. The molecular formula is C14H15NO3S2. The molecule has 106 valence electrons. The van der Waals surface area contributed by atoms with Crippen LogP contribution in [-0.2, 0) is 0 Å². The van der Waals surface area contributed by atoms with Gasteiger partial charge in [-0.3, -0.25) is 0 Å². The maximum absolute atomic E-state index is 11.5. The second-order valence-corrected chi connectivity index (χ2v) is 6.39. The van der Waals surface area contributed by atoms with Crippen LogP contribution in [0.25, 0.3) is 0 Å². The van der Waals surface area contributed by atoms with Crippen molar-refractivity contribution in [1.82, 2.24) is 4.98 Å². The second-order valence-electron chi connectivity index (χ2n) is 4.09. The van der Waals surface area contributed by atoms with Gasteiger partial charge in [0.1, 0.15) is 5.76 Å². The first-order valence-electron chi connectivity index (χ1n) is 6.14. The largest absolute Gasteiger partial charge is 0.478 e. The van der Waals surface area contributed by atoms with E-state index in [0.717, 1.165) is 22.1 Å². The van der Waals surface area contributed by atoms with E-state index in [1.165, 1.54) is 23.5 Å². The van der Waals surface area contributed by atoms with E-state index in [0.29, 0.717) is 15.7 Å². The number of carbonyl (C=O) groups is 1. The number of carboxylic acid groups (broad SMARTS) is 1. The fraction of sp³-hybridized carbons (Fsp3) is 0.286. The summed E-state index contributed by atoms with van der Waals surface area (Å²) in [7, 11) is 0. The van der Waals surface area contributed by atoms with Gasteiger partial charge in [0.2, 0.25) is 0 Å². The lowest BCUT2D eigenvalue weighted by atomic mass is 10.2. The Morgan fingerprint density at radius 1 is 1.35 bits per heavy atom. The number of carboxylic acids is 1. The van der Waals surface area contributed by atoms with Crippen molar-refractivity contribution in [1.29, 1.82) is 0 Å². The summed E-state index contributed by atoms with van der Waals surface area (Å²) in [5.74, 6) is 0.651. The summed E-state index contributed by atoms with van der Waals surface area (Å²) < 4.78 is 5.50. The Bertz CT molecular complexity index is 618. The molecule has 0 amide bonds. The highest BCUT2D eigenvalue weighted by Crippen LogP contribution is 2.35. The first-order valence-corrected chi connectivity index (χ1v) is 7.94. The Labute approximate surface area is 126 Å². The number of hydrogen-bond acceptors (Lipinski definition) is 5. The van der Waals surface area contributed by atoms with Crippen molar-refractivity contribution >= 4 is 29.5 Å². The second kappa shape index (κ2) is 6.37. The number of benzene rings is 1. The van der Waals surface area contributed by atoms with Crippen LogP contribution in [0.15, 0.2) is 37.6 Å². The van der Waals surface area contributed by atoms with Gasteiger partial charge >= 0.3 is 5.97 Å². The first kappa shape index (κ1) is 15.0. The molecule has 0 aliphatic heterocycles. The molecule has 1 heterocycles. The first-order chi connectivity index (χ1) is 9.52. The molecule has 0 aliphatic rings. The molecule has 2 rings (SSSR count). The standard InChI is InChI=1S/C14H15NO3S2/c1-4-19-10-6-5-7-11(12(10)13(16)17)20-14-15-8(2)9(3)18-14/h5-7H,4H2,1-3H3,(H,16,17). The van der Waals surface area contributed by atoms with E-state index in [9.17, 15) is 9.90 Å². The molecule has 0 aliphatic carbocycles. The topological polar surface area (TPSA) is 63.3 Å². The van der Waals surface area contributed by atoms with Gasteiger partial charge in [-0.2, -0.15) is 0 Å². The summed E-state index contributed by atoms with van der Waals surface area (Å²) in [5.41, 5.74) is 1.14. The van der Waals surface area contributed by atoms with Crippen molar-refractivity contribution in [2.75, 3.05) is 5.75 Å². The zero-order chi connectivity index (χ0) is 14.7. The summed E-state index contributed by atoms with van der Waals surface area (Å²) in [4.78, 5) is 17.2. The predicted octanol–water partition coefficient (Wildman–Crippen LogP) is 4.25. The normalized spacial score (nSPS) is 10.8. The monoisotopic (exact) mass is 309 g/mol. The van der Waals surface area contributed by atoms with E-state index in [2.05, 4.69) is 4.98 Å². The molecule has 4 nitrogen and oxygen atoms in total. The third-order valence-electron chi connectivity index (χ3n) is 2.71. The molecule has 0 atom stereocenters. The van der Waals surface area contributed by atoms with Gasteiger partial charge in [0.15, 0.2) is 0 Å². The molecule has 0 bridgehead atoms. The lowest BCUT2D eigenvalue weighted by Crippen LogP contribution is -2.01. The van der Waals surface area contributed by atoms with Crippen molar-refractivity contribution < 1.29 is 14.3 Å². The highest BCUT2D eigenvalue weighted by molar-refractivity contribution is 8.00. The van der Waals surface area contributed by atoms with Crippen LogP contribution in [0, 0.1) is 13.8 Å². The summed E-state index contributed by atoms with van der Waals surface area (Å²) in [6.45, 7) is 5.70. The number of oxazole rings is 1. The van der Waals surface area contributed by atoms with Gasteiger partial charge in [0.25, 0.3) is 5.22 Å². The van der Waals surface area contributed by atoms with E-state index in [4.69, 9.17) is 4.42 Å². The van der Waals surface area contributed by atoms with Gasteiger partial charge in [0.05, 0.1) is 11.3 Å². The smallest absolute Gasteiger partial charge is 0.337 e. The van der Waals surface area contributed by atoms with Crippen molar-refractivity contribution in [3.05, 3.63) is 35.2 Å². The van der Waals surface area contributed by atoms with Gasteiger partial charge in [-0.05, 0) is 43.5 Å². The maximum Gasteiger partial charge on any atom is 0.337 e. The minimum Gasteiger partial charge on any atom is -0.478 e. The van der Waals surface area contributed by atoms with Crippen LogP contribution in [0.5, 0.6) is 0 Å². The molecule has 0 saturated heterocycles. The van der Waals surface area contributed by atoms with E-state index >= 15 is 0 Å². The van der Waals surface area contributed by atoms with Crippen molar-refractivity contribution in [2.24, 2.45) is 0 Å². The fourth-order valence-electron chi connectivity index (χ4n) is 1.66. The molecule has 0 spiro atoms. The minimum absolute atomic E-state index is 0.317. The molecule has 0 fully saturated rings. The maximum atomic E-state index is 11.5. The van der Waals surface area contributed by atoms with Crippen molar-refractivity contribution in [3.8, 4) is 0 Å². The Morgan fingerprint density at radius 2 is 2.05 bits per heavy atom. The average molecular weight is 309 g/mol. The van der Waals surface area contributed by atoms with Crippen LogP contribution < -0.4 is 0 Å². The molecule has 2 aromatic rings. The third kappa shape index (κ3) is 3.19. The summed E-state index contributed by atoms with van der Waals surface area (Å²) >= 11 is 2.76. The molecule has 1 aromatic carbocycles. The van der Waals surface area contributed by atoms with Gasteiger partial charge in [-0.25, -0.2) is 9.78 Å². The highest BCUT2D eigenvalue weighted by atomic mass is 32.2. The molecule has 0 saturated carbocycles. The number of aromatic carboxylic acids is 1. The number of hydrogen-bond donors (Lipinski definition) is 1. The lowest BCUT2D eigenvalue weighted by Gasteiger charge is -2.08. The third-order valence-corrected chi connectivity index (χ3v) is 4.56. The average Bonchev–Trinajstić information content (AvgIpc) is 2.68. The number of aromatic nitrogens is 1. The Morgan fingerprint density at radius 3 is 2.60 bits per heavy atom. The van der Waals surface area contributed by atoms with Crippen LogP contribution >= 0.6 is 23.5 Å². The summed E-state index contributed by atoms with van der Waals surface area (Å²) in [6, 6.07) is 5.46. The van der Waals surface area contributed by atoms with Crippen LogP contribution in [0.3, 0.4) is 0 Å². The van der Waals surface area contributed by atoms with Gasteiger partial charge < -0.3 is 9.52 Å². The van der Waals surface area contributed by atoms with E-state index in [-0.39, 0.29) is 0 Å². The zero-order valence-corrected chi connectivity index (χ0v) is 13.1. The predicted molar refractivity (Wildman–Crippen MR) is 79.9 cm³/mol. The molecule has 0 unspecified atom stereocenters. The van der Waals surface area contributed by atoms with Crippen molar-refractivity contribution in [2.45, 2.75) is 35.8 Å². The molecular weight excluding hydrogens is 294 g/mol. The van der Waals surface area contributed by atoms with Gasteiger partial charge in [-0.15, -0.1) is 11.8 Å². The highest BCUT2D eigenvalue weighted by Gasteiger charge is 2.18. The zero-order valence-electron chi connectivity index (χ0n) is 11.5. The molecule has 1 N–H and O–H groups in total. The van der Waals surface area contributed by atoms with Crippen LogP contribution in [0.1, 0.15) is 28.7 Å². The lowest BCUT2D eigenvalue weighted by molar-refractivity contribution is 0.0689. The van der Waals surface area contributed by atoms with Crippen LogP contribution in [0.4, 0.5) is 0 Å².